The standard InChI is InChI=1S/C34H30F3NO.C2H6/c1-2-3-4-5-6-7-18-39-27-14-16-29-28-15-9-23(19-33(28)38-34(29)22-27)8-10-24-11-12-25(20-31(24)36)26-13-17-30(35)32(37)21-26;1-2/h9,11-17,19-22,38H,2-7,18H2,1H3;1-2H3. The van der Waals surface area contributed by atoms with Gasteiger partial charge in [0.1, 0.15) is 11.6 Å². The van der Waals surface area contributed by atoms with Crippen molar-refractivity contribution in [3.8, 4) is 28.7 Å². The van der Waals surface area contributed by atoms with Crippen molar-refractivity contribution < 1.29 is 17.9 Å². The number of aromatic amines is 1. The Labute approximate surface area is 240 Å². The first kappa shape index (κ1) is 29.8. The molecule has 0 aliphatic heterocycles. The van der Waals surface area contributed by atoms with Crippen molar-refractivity contribution in [2.45, 2.75) is 59.3 Å². The van der Waals surface area contributed by atoms with Crippen molar-refractivity contribution in [1.29, 1.82) is 0 Å². The van der Waals surface area contributed by atoms with E-state index in [0.29, 0.717) is 11.1 Å². The molecule has 1 aromatic heterocycles. The van der Waals surface area contributed by atoms with Gasteiger partial charge < -0.3 is 9.72 Å². The fraction of sp³-hybridized carbons (Fsp3) is 0.278. The van der Waals surface area contributed by atoms with Crippen molar-refractivity contribution in [2.75, 3.05) is 6.61 Å². The van der Waals surface area contributed by atoms with Gasteiger partial charge in [-0.1, -0.05) is 82.9 Å². The second-order valence-electron chi connectivity index (χ2n) is 9.78. The van der Waals surface area contributed by atoms with Crippen molar-refractivity contribution in [3.05, 3.63) is 101 Å². The zero-order chi connectivity index (χ0) is 29.2. The molecule has 1 heterocycles. The summed E-state index contributed by atoms with van der Waals surface area (Å²) < 4.78 is 47.5. The molecule has 5 rings (SSSR count). The monoisotopic (exact) mass is 555 g/mol. The van der Waals surface area contributed by atoms with Crippen LogP contribution in [0.5, 0.6) is 5.75 Å². The molecular formula is C36H36F3NO. The summed E-state index contributed by atoms with van der Waals surface area (Å²) >= 11 is 0. The number of fused-ring (bicyclic) bond motifs is 3. The Morgan fingerprint density at radius 1 is 0.634 bits per heavy atom. The van der Waals surface area contributed by atoms with Gasteiger partial charge >= 0.3 is 0 Å². The summed E-state index contributed by atoms with van der Waals surface area (Å²) in [6.07, 6.45) is 7.37. The van der Waals surface area contributed by atoms with E-state index in [9.17, 15) is 13.2 Å². The second kappa shape index (κ2) is 14.5. The summed E-state index contributed by atoms with van der Waals surface area (Å²) in [6, 6.07) is 20.0. The molecule has 0 atom stereocenters. The highest BCUT2D eigenvalue weighted by atomic mass is 19.2. The summed E-state index contributed by atoms with van der Waals surface area (Å²) in [5, 5.41) is 2.19. The Morgan fingerprint density at radius 3 is 2.02 bits per heavy atom. The highest BCUT2D eigenvalue weighted by Crippen LogP contribution is 2.29. The van der Waals surface area contributed by atoms with Crippen LogP contribution in [-0.2, 0) is 0 Å². The molecule has 0 amide bonds. The molecule has 5 heteroatoms. The molecule has 41 heavy (non-hydrogen) atoms. The summed E-state index contributed by atoms with van der Waals surface area (Å²) in [4.78, 5) is 3.45. The summed E-state index contributed by atoms with van der Waals surface area (Å²) in [6.45, 7) is 6.94. The van der Waals surface area contributed by atoms with Gasteiger partial charge in [0, 0.05) is 27.9 Å². The number of H-pyrrole nitrogens is 1. The first-order valence-electron chi connectivity index (χ1n) is 14.5. The van der Waals surface area contributed by atoms with Gasteiger partial charge in [-0.3, -0.25) is 0 Å². The van der Waals surface area contributed by atoms with E-state index in [2.05, 4.69) is 29.8 Å². The lowest BCUT2D eigenvalue weighted by molar-refractivity contribution is 0.304. The van der Waals surface area contributed by atoms with Crippen LogP contribution in [0.1, 0.15) is 70.4 Å². The van der Waals surface area contributed by atoms with Crippen LogP contribution in [0, 0.1) is 29.3 Å². The maximum Gasteiger partial charge on any atom is 0.159 e. The number of hydrogen-bond donors (Lipinski definition) is 1. The van der Waals surface area contributed by atoms with E-state index in [4.69, 9.17) is 4.74 Å². The van der Waals surface area contributed by atoms with Gasteiger partial charge in [-0.05, 0) is 66.1 Å². The first-order chi connectivity index (χ1) is 20.0. The second-order valence-corrected chi connectivity index (χ2v) is 9.78. The minimum Gasteiger partial charge on any atom is -0.494 e. The Balaban J connectivity index is 0.00000189. The van der Waals surface area contributed by atoms with Gasteiger partial charge in [-0.2, -0.15) is 0 Å². The average molecular weight is 556 g/mol. The van der Waals surface area contributed by atoms with E-state index in [1.807, 2.05) is 44.2 Å². The Hall–Kier alpha value is -4.17. The van der Waals surface area contributed by atoms with Crippen LogP contribution in [-0.4, -0.2) is 11.6 Å². The van der Waals surface area contributed by atoms with Crippen LogP contribution in [0.2, 0.25) is 0 Å². The molecular weight excluding hydrogens is 519 g/mol. The third-order valence-corrected chi connectivity index (χ3v) is 6.90. The van der Waals surface area contributed by atoms with Crippen LogP contribution in [0.3, 0.4) is 0 Å². The molecule has 0 spiro atoms. The number of unbranched alkanes of at least 4 members (excludes halogenated alkanes) is 5. The summed E-state index contributed by atoms with van der Waals surface area (Å²) in [7, 11) is 0. The molecule has 5 aromatic rings. The molecule has 0 unspecified atom stereocenters. The lowest BCUT2D eigenvalue weighted by Crippen LogP contribution is -1.97. The lowest BCUT2D eigenvalue weighted by Gasteiger charge is -2.06. The van der Waals surface area contributed by atoms with Gasteiger partial charge in [0.25, 0.3) is 0 Å². The fourth-order valence-electron chi connectivity index (χ4n) is 4.74. The molecule has 0 radical (unpaired) electrons. The number of aromatic nitrogens is 1. The van der Waals surface area contributed by atoms with Crippen molar-refractivity contribution >= 4 is 21.8 Å². The third-order valence-electron chi connectivity index (χ3n) is 6.90. The predicted octanol–water partition coefficient (Wildman–Crippen LogP) is 10.6. The number of benzene rings is 4. The van der Waals surface area contributed by atoms with Gasteiger partial charge in [0.05, 0.1) is 17.7 Å². The number of ether oxygens (including phenoxy) is 1. The maximum absolute atomic E-state index is 14.7. The van der Waals surface area contributed by atoms with Crippen LogP contribution < -0.4 is 4.74 Å². The highest BCUT2D eigenvalue weighted by Gasteiger charge is 2.09. The van der Waals surface area contributed by atoms with E-state index in [1.165, 1.54) is 44.2 Å². The van der Waals surface area contributed by atoms with Crippen LogP contribution >= 0.6 is 0 Å². The molecule has 1 N–H and O–H groups in total. The van der Waals surface area contributed by atoms with Crippen molar-refractivity contribution in [1.82, 2.24) is 4.98 Å². The minimum atomic E-state index is -0.971. The Morgan fingerprint density at radius 2 is 1.29 bits per heavy atom. The Bertz CT molecular complexity index is 1680. The smallest absolute Gasteiger partial charge is 0.159 e. The molecule has 0 saturated heterocycles. The van der Waals surface area contributed by atoms with Gasteiger partial charge in [0.2, 0.25) is 0 Å². The number of rotatable bonds is 9. The fourth-order valence-corrected chi connectivity index (χ4v) is 4.74. The van der Waals surface area contributed by atoms with Crippen LogP contribution in [0.25, 0.3) is 32.9 Å². The quantitative estimate of drug-likeness (QED) is 0.142. The maximum atomic E-state index is 14.7. The van der Waals surface area contributed by atoms with E-state index in [1.54, 1.807) is 12.1 Å². The molecule has 2 nitrogen and oxygen atoms in total. The normalized spacial score (nSPS) is 10.7. The molecule has 212 valence electrons. The topological polar surface area (TPSA) is 25.0 Å². The largest absolute Gasteiger partial charge is 0.494 e. The van der Waals surface area contributed by atoms with Crippen molar-refractivity contribution in [2.24, 2.45) is 0 Å². The predicted molar refractivity (Wildman–Crippen MR) is 164 cm³/mol. The van der Waals surface area contributed by atoms with E-state index in [0.717, 1.165) is 58.3 Å². The van der Waals surface area contributed by atoms with Crippen LogP contribution in [0.4, 0.5) is 13.2 Å². The molecule has 0 aliphatic rings. The number of halogens is 3. The third kappa shape index (κ3) is 7.52. The molecule has 0 saturated carbocycles. The first-order valence-corrected chi connectivity index (χ1v) is 14.5. The molecule has 0 bridgehead atoms. The number of hydrogen-bond acceptors (Lipinski definition) is 1. The lowest BCUT2D eigenvalue weighted by atomic mass is 10.0. The van der Waals surface area contributed by atoms with Gasteiger partial charge in [0.15, 0.2) is 11.6 Å². The Kier molecular flexibility index (Phi) is 10.5. The van der Waals surface area contributed by atoms with Crippen molar-refractivity contribution in [3.63, 3.8) is 0 Å². The van der Waals surface area contributed by atoms with E-state index < -0.39 is 17.5 Å². The zero-order valence-corrected chi connectivity index (χ0v) is 23.9. The van der Waals surface area contributed by atoms with E-state index in [-0.39, 0.29) is 5.56 Å². The molecule has 4 aromatic carbocycles. The zero-order valence-electron chi connectivity index (χ0n) is 23.9. The highest BCUT2D eigenvalue weighted by molar-refractivity contribution is 6.07. The summed E-state index contributed by atoms with van der Waals surface area (Å²) in [5.74, 6) is 4.34. The van der Waals surface area contributed by atoms with E-state index >= 15 is 0 Å². The van der Waals surface area contributed by atoms with Gasteiger partial charge in [-0.15, -0.1) is 0 Å². The number of nitrogens with one attached hydrogen (secondary N) is 1. The van der Waals surface area contributed by atoms with Gasteiger partial charge in [-0.25, -0.2) is 13.2 Å². The molecule has 0 fully saturated rings. The average Bonchev–Trinajstić information content (AvgIpc) is 3.35. The minimum absolute atomic E-state index is 0.227. The van der Waals surface area contributed by atoms with Crippen LogP contribution in [0.15, 0.2) is 72.8 Å². The molecule has 0 aliphatic carbocycles. The SMILES string of the molecule is CC.CCCCCCCCOc1ccc2c(c1)[nH]c1cc(C#Cc3ccc(-c4ccc(F)c(F)c4)cc3F)ccc12. The summed E-state index contributed by atoms with van der Waals surface area (Å²) in [5.41, 5.74) is 3.76.